The summed E-state index contributed by atoms with van der Waals surface area (Å²) < 4.78 is 38.9. The highest BCUT2D eigenvalue weighted by Crippen LogP contribution is 2.39. The first-order valence-electron chi connectivity index (χ1n) is 5.62. The van der Waals surface area contributed by atoms with Gasteiger partial charge in [0.15, 0.2) is 0 Å². The van der Waals surface area contributed by atoms with Gasteiger partial charge < -0.3 is 0 Å². The third-order valence-electron chi connectivity index (χ3n) is 2.90. The van der Waals surface area contributed by atoms with Gasteiger partial charge in [0.05, 0.1) is 10.9 Å². The van der Waals surface area contributed by atoms with Gasteiger partial charge in [0.2, 0.25) is 0 Å². The van der Waals surface area contributed by atoms with Crippen LogP contribution in [0, 0.1) is 5.38 Å². The molecule has 0 saturated heterocycles. The average molecular weight is 277 g/mol. The zero-order valence-corrected chi connectivity index (χ0v) is 10.5. The Bertz CT molecular complexity index is 711. The second kappa shape index (κ2) is 4.38. The summed E-state index contributed by atoms with van der Waals surface area (Å²) >= 11 is 1.00. The minimum absolute atomic E-state index is 0.220. The summed E-state index contributed by atoms with van der Waals surface area (Å²) in [6.07, 6.45) is -4.34. The lowest BCUT2D eigenvalue weighted by Gasteiger charge is -2.05. The van der Waals surface area contributed by atoms with Crippen molar-refractivity contribution < 1.29 is 13.2 Å². The maximum absolute atomic E-state index is 12.8. The highest BCUT2D eigenvalue weighted by Gasteiger charge is 2.33. The van der Waals surface area contributed by atoms with Gasteiger partial charge in [0.25, 0.3) is 0 Å². The molecule has 4 heteroatoms. The fourth-order valence-corrected chi connectivity index (χ4v) is 2.90. The molecule has 0 fully saturated rings. The molecule has 2 aromatic carbocycles. The smallest absolute Gasteiger partial charge is 0.166 e. The van der Waals surface area contributed by atoms with E-state index in [2.05, 4.69) is 5.38 Å². The number of hydrogen-bond donors (Lipinski definition) is 0. The van der Waals surface area contributed by atoms with E-state index in [1.165, 1.54) is 6.07 Å². The second-order valence-corrected chi connectivity index (χ2v) is 5.00. The zero-order chi connectivity index (χ0) is 13.5. The van der Waals surface area contributed by atoms with Crippen molar-refractivity contribution in [2.45, 2.75) is 6.18 Å². The minimum atomic E-state index is -4.34. The van der Waals surface area contributed by atoms with Gasteiger partial charge in [-0.05, 0) is 17.2 Å². The molecule has 0 atom stereocenters. The number of halogens is 3. The first-order valence-corrected chi connectivity index (χ1v) is 6.44. The van der Waals surface area contributed by atoms with E-state index in [-0.39, 0.29) is 5.39 Å². The molecule has 0 unspecified atom stereocenters. The lowest BCUT2D eigenvalue weighted by molar-refractivity contribution is -0.136. The fraction of sp³-hybridized carbons (Fsp3) is 0.0667. The van der Waals surface area contributed by atoms with Crippen molar-refractivity contribution in [3.63, 3.8) is 0 Å². The van der Waals surface area contributed by atoms with Crippen molar-refractivity contribution in [1.82, 2.24) is 0 Å². The van der Waals surface area contributed by atoms with Crippen molar-refractivity contribution in [3.05, 3.63) is 59.5 Å². The van der Waals surface area contributed by atoms with Crippen LogP contribution in [0.1, 0.15) is 5.56 Å². The van der Waals surface area contributed by atoms with E-state index in [9.17, 15) is 13.2 Å². The Morgan fingerprint density at radius 2 is 1.63 bits per heavy atom. The Balaban J connectivity index is 2.14. The molecule has 19 heavy (non-hydrogen) atoms. The molecule has 0 saturated carbocycles. The Labute approximate surface area is 112 Å². The van der Waals surface area contributed by atoms with Gasteiger partial charge in [0.1, 0.15) is 0 Å². The van der Waals surface area contributed by atoms with Crippen LogP contribution in [0.15, 0.2) is 48.5 Å². The lowest BCUT2D eigenvalue weighted by atomic mass is 10.0. The van der Waals surface area contributed by atoms with Crippen molar-refractivity contribution in [1.29, 1.82) is 0 Å². The molecular weight excluding hydrogens is 269 g/mol. The Hall–Kier alpha value is -1.81. The molecule has 0 N–H and O–H groups in total. The first kappa shape index (κ1) is 12.2. The summed E-state index contributed by atoms with van der Waals surface area (Å²) in [6, 6.07) is 14.6. The summed E-state index contributed by atoms with van der Waals surface area (Å²) in [7, 11) is 0. The number of fused-ring (bicyclic) bond motifs is 1. The Morgan fingerprint density at radius 1 is 0.895 bits per heavy atom. The van der Waals surface area contributed by atoms with Gasteiger partial charge in [-0.2, -0.15) is 13.2 Å². The van der Waals surface area contributed by atoms with E-state index >= 15 is 0 Å². The van der Waals surface area contributed by atoms with Crippen LogP contribution in [-0.2, 0) is 6.18 Å². The molecule has 0 spiro atoms. The van der Waals surface area contributed by atoms with E-state index in [0.717, 1.165) is 22.5 Å². The molecule has 1 aromatic heterocycles. The summed E-state index contributed by atoms with van der Waals surface area (Å²) in [6.45, 7) is 0. The lowest BCUT2D eigenvalue weighted by Crippen LogP contribution is -2.03. The van der Waals surface area contributed by atoms with Crippen LogP contribution >= 0.6 is 11.3 Å². The average Bonchev–Trinajstić information content (AvgIpc) is 2.82. The number of hydrogen-bond acceptors (Lipinski definition) is 1. The van der Waals surface area contributed by atoms with Crippen LogP contribution in [-0.4, -0.2) is 0 Å². The molecule has 0 amide bonds. The van der Waals surface area contributed by atoms with Crippen LogP contribution in [0.5, 0.6) is 0 Å². The van der Waals surface area contributed by atoms with Gasteiger partial charge in [-0.15, -0.1) is 11.3 Å². The van der Waals surface area contributed by atoms with E-state index in [1.54, 1.807) is 12.1 Å². The molecule has 3 rings (SSSR count). The molecule has 1 heterocycles. The van der Waals surface area contributed by atoms with Gasteiger partial charge in [-0.1, -0.05) is 42.5 Å². The normalized spacial score (nSPS) is 11.9. The predicted octanol–water partition coefficient (Wildman–Crippen LogP) is 5.39. The highest BCUT2D eigenvalue weighted by atomic mass is 32.1. The van der Waals surface area contributed by atoms with Crippen LogP contribution < -0.4 is 0 Å². The molecule has 3 aromatic rings. The molecule has 95 valence electrons. The monoisotopic (exact) mass is 277 g/mol. The van der Waals surface area contributed by atoms with Crippen molar-refractivity contribution in [2.75, 3.05) is 0 Å². The van der Waals surface area contributed by atoms with Gasteiger partial charge >= 0.3 is 6.18 Å². The van der Waals surface area contributed by atoms with Crippen LogP contribution in [0.25, 0.3) is 21.2 Å². The molecule has 0 aliphatic heterocycles. The summed E-state index contributed by atoms with van der Waals surface area (Å²) in [4.78, 5) is 0. The van der Waals surface area contributed by atoms with E-state index in [0.29, 0.717) is 4.70 Å². The van der Waals surface area contributed by atoms with Crippen LogP contribution in [0.2, 0.25) is 0 Å². The molecule has 0 nitrogen and oxygen atoms in total. The predicted molar refractivity (Wildman–Crippen MR) is 71.1 cm³/mol. The molecular formula is C15H8F3S. The number of rotatable bonds is 1. The third kappa shape index (κ3) is 2.24. The third-order valence-corrected chi connectivity index (χ3v) is 3.77. The van der Waals surface area contributed by atoms with E-state index in [4.69, 9.17) is 0 Å². The number of benzene rings is 2. The Morgan fingerprint density at radius 3 is 2.32 bits per heavy atom. The zero-order valence-electron chi connectivity index (χ0n) is 9.66. The van der Waals surface area contributed by atoms with Crippen LogP contribution in [0.3, 0.4) is 0 Å². The summed E-state index contributed by atoms with van der Waals surface area (Å²) in [5, 5.41) is 2.57. The van der Waals surface area contributed by atoms with Crippen molar-refractivity contribution in [2.24, 2.45) is 0 Å². The maximum atomic E-state index is 12.8. The van der Waals surface area contributed by atoms with Crippen molar-refractivity contribution >= 4 is 21.4 Å². The molecule has 1 radical (unpaired) electrons. The van der Waals surface area contributed by atoms with Crippen LogP contribution in [0.4, 0.5) is 13.2 Å². The summed E-state index contributed by atoms with van der Waals surface area (Å²) in [5.74, 6) is 0. The number of thiophene rings is 1. The van der Waals surface area contributed by atoms with E-state index in [1.807, 2.05) is 30.3 Å². The highest BCUT2D eigenvalue weighted by molar-refractivity contribution is 7.17. The minimum Gasteiger partial charge on any atom is -0.166 e. The Kier molecular flexibility index (Phi) is 2.82. The standard InChI is InChI=1S/C15H8F3S/c16-15(17,18)13-9-19-14-8-11(6-7-12(13)14)10-4-2-1-3-5-10/h1-8H. The first-order chi connectivity index (χ1) is 9.05. The largest absolute Gasteiger partial charge is 0.418 e. The fourth-order valence-electron chi connectivity index (χ4n) is 2.00. The summed E-state index contributed by atoms with van der Waals surface area (Å²) in [5.41, 5.74) is 1.23. The molecule has 0 aliphatic carbocycles. The van der Waals surface area contributed by atoms with Gasteiger partial charge in [-0.3, -0.25) is 0 Å². The van der Waals surface area contributed by atoms with Gasteiger partial charge in [0, 0.05) is 10.1 Å². The molecule has 0 bridgehead atoms. The quantitative estimate of drug-likeness (QED) is 0.559. The maximum Gasteiger partial charge on any atom is 0.418 e. The van der Waals surface area contributed by atoms with Gasteiger partial charge in [-0.25, -0.2) is 0 Å². The number of alkyl halides is 3. The van der Waals surface area contributed by atoms with Crippen molar-refractivity contribution in [3.8, 4) is 11.1 Å². The molecule has 0 aliphatic rings. The van der Waals surface area contributed by atoms with E-state index < -0.39 is 11.7 Å². The SMILES string of the molecule is FC(F)(F)c1[c]sc2cc(-c3ccccc3)ccc12. The second-order valence-electron chi connectivity index (χ2n) is 4.15. The topological polar surface area (TPSA) is 0 Å².